The molecule has 1 aromatic rings. The molecule has 90 valence electrons. The van der Waals surface area contributed by atoms with Crippen molar-refractivity contribution in [1.82, 2.24) is 0 Å². The minimum Gasteiger partial charge on any atom is -0.494 e. The fourth-order valence-electron chi connectivity index (χ4n) is 1.57. The molecule has 0 spiro atoms. The van der Waals surface area contributed by atoms with Crippen LogP contribution in [-0.4, -0.2) is 6.61 Å². The number of hydrogen-bond acceptors (Lipinski definition) is 1. The van der Waals surface area contributed by atoms with E-state index >= 15 is 0 Å². The smallest absolute Gasteiger partial charge is 0.119 e. The van der Waals surface area contributed by atoms with E-state index < -0.39 is 0 Å². The van der Waals surface area contributed by atoms with Gasteiger partial charge in [0.2, 0.25) is 0 Å². The molecule has 0 unspecified atom stereocenters. The van der Waals surface area contributed by atoms with Gasteiger partial charge in [0.05, 0.1) is 6.61 Å². The molecule has 0 atom stereocenters. The number of alkyl halides is 1. The average molecular weight is 241 g/mol. The fourth-order valence-corrected chi connectivity index (χ4v) is 1.75. The van der Waals surface area contributed by atoms with Crippen LogP contribution in [0.2, 0.25) is 0 Å². The molecule has 0 aromatic heterocycles. The molecule has 0 aliphatic rings. The van der Waals surface area contributed by atoms with Crippen LogP contribution in [0.1, 0.15) is 44.6 Å². The van der Waals surface area contributed by atoms with Gasteiger partial charge in [0.25, 0.3) is 0 Å². The first-order chi connectivity index (χ1) is 7.86. The van der Waals surface area contributed by atoms with Crippen molar-refractivity contribution in [1.29, 1.82) is 0 Å². The maximum Gasteiger partial charge on any atom is 0.119 e. The van der Waals surface area contributed by atoms with E-state index in [-0.39, 0.29) is 0 Å². The van der Waals surface area contributed by atoms with Gasteiger partial charge < -0.3 is 4.74 Å². The highest BCUT2D eigenvalue weighted by Gasteiger charge is 1.95. The molecule has 0 amide bonds. The Bertz CT molecular complexity index is 269. The summed E-state index contributed by atoms with van der Waals surface area (Å²) in [5, 5.41) is 0. The van der Waals surface area contributed by atoms with Crippen LogP contribution in [0.25, 0.3) is 0 Å². The molecule has 0 saturated carbocycles. The van der Waals surface area contributed by atoms with Crippen molar-refractivity contribution in [3.63, 3.8) is 0 Å². The molecule has 0 aliphatic heterocycles. The fraction of sp³-hybridized carbons (Fsp3) is 0.571. The highest BCUT2D eigenvalue weighted by atomic mass is 35.5. The number of unbranched alkanes of at least 4 members (excludes halogenated alkanes) is 4. The topological polar surface area (TPSA) is 9.23 Å². The summed E-state index contributed by atoms with van der Waals surface area (Å²) < 4.78 is 5.64. The lowest BCUT2D eigenvalue weighted by Gasteiger charge is -2.06. The maximum absolute atomic E-state index is 5.71. The summed E-state index contributed by atoms with van der Waals surface area (Å²) in [5.74, 6) is 1.52. The van der Waals surface area contributed by atoms with Gasteiger partial charge in [0, 0.05) is 5.88 Å². The minimum absolute atomic E-state index is 0.567. The number of hydrogen-bond donors (Lipinski definition) is 0. The third-order valence-electron chi connectivity index (χ3n) is 2.59. The zero-order valence-electron chi connectivity index (χ0n) is 10.0. The van der Waals surface area contributed by atoms with Crippen LogP contribution < -0.4 is 4.74 Å². The van der Waals surface area contributed by atoms with Gasteiger partial charge >= 0.3 is 0 Å². The number of benzene rings is 1. The predicted octanol–water partition coefficient (Wildman–Crippen LogP) is 4.77. The van der Waals surface area contributed by atoms with E-state index in [4.69, 9.17) is 16.3 Å². The first-order valence-corrected chi connectivity index (χ1v) is 6.68. The molecule has 1 aromatic carbocycles. The Hall–Kier alpha value is -0.690. The van der Waals surface area contributed by atoms with Crippen LogP contribution >= 0.6 is 11.6 Å². The first-order valence-electron chi connectivity index (χ1n) is 6.14. The van der Waals surface area contributed by atoms with Gasteiger partial charge in [0.15, 0.2) is 0 Å². The van der Waals surface area contributed by atoms with Crippen molar-refractivity contribution in [2.75, 3.05) is 6.61 Å². The second-order valence-corrected chi connectivity index (χ2v) is 4.31. The van der Waals surface area contributed by atoms with E-state index in [1.165, 1.54) is 25.7 Å². The van der Waals surface area contributed by atoms with Gasteiger partial charge in [-0.15, -0.1) is 11.6 Å². The number of halogens is 1. The molecule has 0 saturated heterocycles. The molecule has 1 nitrogen and oxygen atoms in total. The Morgan fingerprint density at radius 1 is 1.00 bits per heavy atom. The SMILES string of the molecule is CCCCCCCOc1ccc(CCl)cc1. The van der Waals surface area contributed by atoms with Crippen LogP contribution in [0.4, 0.5) is 0 Å². The van der Waals surface area contributed by atoms with E-state index in [9.17, 15) is 0 Å². The average Bonchev–Trinajstić information content (AvgIpc) is 2.34. The van der Waals surface area contributed by atoms with Gasteiger partial charge in [-0.05, 0) is 24.1 Å². The van der Waals surface area contributed by atoms with E-state index in [1.54, 1.807) is 0 Å². The molecule has 16 heavy (non-hydrogen) atoms. The van der Waals surface area contributed by atoms with Crippen molar-refractivity contribution >= 4 is 11.6 Å². The molecule has 0 fully saturated rings. The molecule has 0 aliphatic carbocycles. The monoisotopic (exact) mass is 240 g/mol. The van der Waals surface area contributed by atoms with Gasteiger partial charge in [-0.25, -0.2) is 0 Å². The minimum atomic E-state index is 0.567. The summed E-state index contributed by atoms with van der Waals surface area (Å²) in [5.41, 5.74) is 1.14. The Morgan fingerprint density at radius 2 is 1.69 bits per heavy atom. The predicted molar refractivity (Wildman–Crippen MR) is 70.3 cm³/mol. The standard InChI is InChI=1S/C14H21ClO/c1-2-3-4-5-6-11-16-14-9-7-13(12-15)8-10-14/h7-10H,2-6,11-12H2,1H3. The lowest BCUT2D eigenvalue weighted by atomic mass is 10.2. The molecular formula is C14H21ClO. The first kappa shape index (κ1) is 13.4. The molecule has 2 heteroatoms. The summed E-state index contributed by atoms with van der Waals surface area (Å²) >= 11 is 5.71. The highest BCUT2D eigenvalue weighted by Crippen LogP contribution is 2.14. The van der Waals surface area contributed by atoms with Crippen LogP contribution in [0, 0.1) is 0 Å². The largest absolute Gasteiger partial charge is 0.494 e. The van der Waals surface area contributed by atoms with Gasteiger partial charge in [-0.2, -0.15) is 0 Å². The van der Waals surface area contributed by atoms with Crippen LogP contribution in [0.15, 0.2) is 24.3 Å². The van der Waals surface area contributed by atoms with Crippen LogP contribution in [0.3, 0.4) is 0 Å². The summed E-state index contributed by atoms with van der Waals surface area (Å²) in [6.07, 6.45) is 6.38. The second-order valence-electron chi connectivity index (χ2n) is 4.04. The molecule has 0 bridgehead atoms. The molecule has 0 heterocycles. The van der Waals surface area contributed by atoms with Crippen LogP contribution in [0.5, 0.6) is 5.75 Å². The summed E-state index contributed by atoms with van der Waals surface area (Å²) in [6, 6.07) is 8.01. The van der Waals surface area contributed by atoms with E-state index in [2.05, 4.69) is 6.92 Å². The molecule has 1 rings (SSSR count). The van der Waals surface area contributed by atoms with Crippen molar-refractivity contribution in [2.24, 2.45) is 0 Å². The Morgan fingerprint density at radius 3 is 2.31 bits per heavy atom. The van der Waals surface area contributed by atoms with Crippen molar-refractivity contribution in [3.8, 4) is 5.75 Å². The molecule has 0 radical (unpaired) electrons. The number of rotatable bonds is 8. The van der Waals surface area contributed by atoms with Crippen molar-refractivity contribution in [3.05, 3.63) is 29.8 Å². The number of ether oxygens (including phenoxy) is 1. The lowest BCUT2D eigenvalue weighted by molar-refractivity contribution is 0.304. The zero-order valence-corrected chi connectivity index (χ0v) is 10.8. The quantitative estimate of drug-likeness (QED) is 0.470. The Labute approximate surface area is 104 Å². The third-order valence-corrected chi connectivity index (χ3v) is 2.90. The van der Waals surface area contributed by atoms with Gasteiger partial charge in [-0.1, -0.05) is 44.7 Å². The van der Waals surface area contributed by atoms with E-state index in [0.29, 0.717) is 5.88 Å². The maximum atomic E-state index is 5.71. The summed E-state index contributed by atoms with van der Waals surface area (Å²) in [4.78, 5) is 0. The van der Waals surface area contributed by atoms with Crippen molar-refractivity contribution in [2.45, 2.75) is 44.9 Å². The van der Waals surface area contributed by atoms with Crippen molar-refractivity contribution < 1.29 is 4.74 Å². The summed E-state index contributed by atoms with van der Waals surface area (Å²) in [7, 11) is 0. The van der Waals surface area contributed by atoms with E-state index in [0.717, 1.165) is 24.3 Å². The Balaban J connectivity index is 2.12. The summed E-state index contributed by atoms with van der Waals surface area (Å²) in [6.45, 7) is 3.05. The second kappa shape index (κ2) is 8.46. The van der Waals surface area contributed by atoms with E-state index in [1.807, 2.05) is 24.3 Å². The molecule has 0 N–H and O–H groups in total. The normalized spacial score (nSPS) is 10.4. The Kier molecular flexibility index (Phi) is 7.07. The van der Waals surface area contributed by atoms with Crippen LogP contribution in [-0.2, 0) is 5.88 Å². The lowest BCUT2D eigenvalue weighted by Crippen LogP contribution is -1.97. The third kappa shape index (κ3) is 5.41. The highest BCUT2D eigenvalue weighted by molar-refractivity contribution is 6.17. The molecular weight excluding hydrogens is 220 g/mol. The van der Waals surface area contributed by atoms with Gasteiger partial charge in [-0.3, -0.25) is 0 Å². The zero-order chi connectivity index (χ0) is 11.6. The van der Waals surface area contributed by atoms with Gasteiger partial charge in [0.1, 0.15) is 5.75 Å².